The molecule has 1 saturated heterocycles. The second-order valence-electron chi connectivity index (χ2n) is 7.26. The summed E-state index contributed by atoms with van der Waals surface area (Å²) in [7, 11) is 0. The van der Waals surface area contributed by atoms with Gasteiger partial charge >= 0.3 is 0 Å². The van der Waals surface area contributed by atoms with Gasteiger partial charge in [0.15, 0.2) is 0 Å². The van der Waals surface area contributed by atoms with Crippen molar-refractivity contribution in [1.29, 1.82) is 0 Å². The quantitative estimate of drug-likeness (QED) is 0.920. The van der Waals surface area contributed by atoms with Crippen molar-refractivity contribution < 1.29 is 14.3 Å². The molecule has 5 nitrogen and oxygen atoms in total. The first-order valence-corrected chi connectivity index (χ1v) is 8.68. The molecule has 2 fully saturated rings. The number of hydrogen-bond acceptors (Lipinski definition) is 3. The van der Waals surface area contributed by atoms with Crippen LogP contribution in [0.25, 0.3) is 0 Å². The molecule has 1 unspecified atom stereocenters. The Balaban J connectivity index is 1.59. The lowest BCUT2D eigenvalue weighted by atomic mass is 9.60. The van der Waals surface area contributed by atoms with Gasteiger partial charge in [-0.05, 0) is 62.8 Å². The van der Waals surface area contributed by atoms with E-state index in [9.17, 15) is 9.59 Å². The molecule has 0 bridgehead atoms. The third-order valence-corrected chi connectivity index (χ3v) is 5.81. The summed E-state index contributed by atoms with van der Waals surface area (Å²) in [5, 5.41) is 0. The van der Waals surface area contributed by atoms with Gasteiger partial charge in [0, 0.05) is 24.1 Å². The molecule has 1 saturated carbocycles. The van der Waals surface area contributed by atoms with Crippen molar-refractivity contribution in [1.82, 2.24) is 4.90 Å². The molecule has 130 valence electrons. The van der Waals surface area contributed by atoms with Crippen LogP contribution in [-0.4, -0.2) is 42.5 Å². The minimum atomic E-state index is -0.417. The van der Waals surface area contributed by atoms with Crippen LogP contribution >= 0.6 is 0 Å². The van der Waals surface area contributed by atoms with E-state index in [0.717, 1.165) is 49.9 Å². The number of primary amides is 1. The van der Waals surface area contributed by atoms with Gasteiger partial charge in [-0.1, -0.05) is 6.07 Å². The fourth-order valence-electron chi connectivity index (χ4n) is 3.90. The number of aryl methyl sites for hydroxylation is 2. The normalized spacial score (nSPS) is 22.2. The highest BCUT2D eigenvalue weighted by molar-refractivity contribution is 5.94. The second kappa shape index (κ2) is 6.55. The summed E-state index contributed by atoms with van der Waals surface area (Å²) in [5.74, 6) is -0.304. The summed E-state index contributed by atoms with van der Waals surface area (Å²) in [5.41, 5.74) is 8.42. The predicted octanol–water partition coefficient (Wildman–Crippen LogP) is 2.19. The zero-order valence-electron chi connectivity index (χ0n) is 14.5. The van der Waals surface area contributed by atoms with E-state index in [4.69, 9.17) is 10.5 Å². The van der Waals surface area contributed by atoms with E-state index in [1.165, 1.54) is 5.56 Å². The molecule has 3 rings (SSSR count). The molecule has 1 aromatic rings. The van der Waals surface area contributed by atoms with Gasteiger partial charge in [0.1, 0.15) is 6.61 Å². The van der Waals surface area contributed by atoms with Crippen LogP contribution in [0.15, 0.2) is 18.2 Å². The first kappa shape index (κ1) is 17.0. The summed E-state index contributed by atoms with van der Waals surface area (Å²) in [4.78, 5) is 25.6. The van der Waals surface area contributed by atoms with Crippen molar-refractivity contribution in [3.63, 3.8) is 0 Å². The van der Waals surface area contributed by atoms with Gasteiger partial charge in [-0.25, -0.2) is 0 Å². The maximum atomic E-state index is 12.7. The number of carbonyl (C=O) groups excluding carboxylic acids is 2. The molecular weight excluding hydrogens is 304 g/mol. The summed E-state index contributed by atoms with van der Waals surface area (Å²) >= 11 is 0. The van der Waals surface area contributed by atoms with Crippen LogP contribution < -0.4 is 5.73 Å². The largest absolute Gasteiger partial charge is 0.368 e. The number of ether oxygens (including phenoxy) is 1. The molecule has 2 aliphatic rings. The van der Waals surface area contributed by atoms with Crippen molar-refractivity contribution in [2.45, 2.75) is 45.6 Å². The lowest BCUT2D eigenvalue weighted by Crippen LogP contribution is -2.54. The summed E-state index contributed by atoms with van der Waals surface area (Å²) in [6.45, 7) is 5.59. The number of hydrogen-bond donors (Lipinski definition) is 1. The van der Waals surface area contributed by atoms with Crippen molar-refractivity contribution >= 4 is 11.8 Å². The van der Waals surface area contributed by atoms with Crippen molar-refractivity contribution in [3.8, 4) is 0 Å². The average Bonchev–Trinajstić information content (AvgIpc) is 2.55. The molecule has 2 N–H and O–H groups in total. The van der Waals surface area contributed by atoms with Crippen LogP contribution in [0.3, 0.4) is 0 Å². The Morgan fingerprint density at radius 3 is 2.46 bits per heavy atom. The Morgan fingerprint density at radius 2 is 1.92 bits per heavy atom. The fourth-order valence-corrected chi connectivity index (χ4v) is 3.90. The highest BCUT2D eigenvalue weighted by Crippen LogP contribution is 2.50. The molecule has 0 aromatic heterocycles. The molecule has 1 aliphatic carbocycles. The molecule has 1 aromatic carbocycles. The summed E-state index contributed by atoms with van der Waals surface area (Å²) in [6, 6.07) is 5.90. The third-order valence-electron chi connectivity index (χ3n) is 5.81. The number of nitrogens with two attached hydrogens (primary N) is 1. The predicted molar refractivity (Wildman–Crippen MR) is 91.7 cm³/mol. The van der Waals surface area contributed by atoms with Gasteiger partial charge in [0.2, 0.25) is 5.91 Å². The first-order valence-electron chi connectivity index (χ1n) is 8.68. The fraction of sp³-hybridized carbons (Fsp3) is 0.579. The average molecular weight is 330 g/mol. The summed E-state index contributed by atoms with van der Waals surface area (Å²) < 4.78 is 5.66. The lowest BCUT2D eigenvalue weighted by molar-refractivity contribution is -0.148. The van der Waals surface area contributed by atoms with Crippen LogP contribution in [0.5, 0.6) is 0 Å². The Kier molecular flexibility index (Phi) is 4.63. The number of piperidine rings is 1. The highest BCUT2D eigenvalue weighted by atomic mass is 16.5. The van der Waals surface area contributed by atoms with Crippen LogP contribution in [0.2, 0.25) is 0 Å². The Morgan fingerprint density at radius 1 is 1.21 bits per heavy atom. The van der Waals surface area contributed by atoms with E-state index in [0.29, 0.717) is 0 Å². The van der Waals surface area contributed by atoms with E-state index in [2.05, 4.69) is 6.92 Å². The summed E-state index contributed by atoms with van der Waals surface area (Å²) in [6.07, 6.45) is 4.09. The molecule has 1 spiro atoms. The minimum absolute atomic E-state index is 0.00228. The second-order valence-corrected chi connectivity index (χ2v) is 7.26. The minimum Gasteiger partial charge on any atom is -0.368 e. The topological polar surface area (TPSA) is 72.6 Å². The van der Waals surface area contributed by atoms with Crippen LogP contribution in [0.1, 0.15) is 47.2 Å². The van der Waals surface area contributed by atoms with Gasteiger partial charge in [-0.15, -0.1) is 0 Å². The number of likely N-dealkylation sites (tertiary alicyclic amines) is 1. The van der Waals surface area contributed by atoms with E-state index in [1.807, 2.05) is 30.0 Å². The SMILES string of the molecule is Cc1ccc(C(=O)N2CCC3(CCC3OCC(N)=O)CC2)cc1C. The molecule has 1 atom stereocenters. The molecule has 1 heterocycles. The Bertz CT molecular complexity index is 648. The third kappa shape index (κ3) is 3.18. The van der Waals surface area contributed by atoms with Crippen LogP contribution in [0.4, 0.5) is 0 Å². The first-order chi connectivity index (χ1) is 11.4. The maximum Gasteiger partial charge on any atom is 0.253 e. The van der Waals surface area contributed by atoms with Crippen LogP contribution in [-0.2, 0) is 9.53 Å². The van der Waals surface area contributed by atoms with E-state index >= 15 is 0 Å². The van der Waals surface area contributed by atoms with Gasteiger partial charge in [-0.3, -0.25) is 9.59 Å². The maximum absolute atomic E-state index is 12.7. The Labute approximate surface area is 143 Å². The molecule has 0 radical (unpaired) electrons. The number of amides is 2. The van der Waals surface area contributed by atoms with E-state index in [-0.39, 0.29) is 24.0 Å². The zero-order chi connectivity index (χ0) is 17.3. The molecule has 24 heavy (non-hydrogen) atoms. The Hall–Kier alpha value is -1.88. The van der Waals surface area contributed by atoms with Gasteiger partial charge in [-0.2, -0.15) is 0 Å². The molecule has 5 heteroatoms. The van der Waals surface area contributed by atoms with Crippen molar-refractivity contribution in [3.05, 3.63) is 34.9 Å². The smallest absolute Gasteiger partial charge is 0.253 e. The van der Waals surface area contributed by atoms with Crippen molar-refractivity contribution in [2.24, 2.45) is 11.1 Å². The molecule has 2 amide bonds. The van der Waals surface area contributed by atoms with Gasteiger partial charge < -0.3 is 15.4 Å². The zero-order valence-corrected chi connectivity index (χ0v) is 14.5. The molecular formula is C19H26N2O3. The van der Waals surface area contributed by atoms with E-state index in [1.54, 1.807) is 0 Å². The van der Waals surface area contributed by atoms with Gasteiger partial charge in [0.05, 0.1) is 6.10 Å². The lowest BCUT2D eigenvalue weighted by Gasteiger charge is -2.53. The monoisotopic (exact) mass is 330 g/mol. The number of benzene rings is 1. The van der Waals surface area contributed by atoms with Crippen LogP contribution in [0, 0.1) is 19.3 Å². The standard InChI is InChI=1S/C19H26N2O3/c1-13-3-4-15(11-14(13)2)18(23)21-9-7-19(8-10-21)6-5-16(19)24-12-17(20)22/h3-4,11,16H,5-10,12H2,1-2H3,(H2,20,22). The number of carbonyl (C=O) groups is 2. The number of nitrogens with zero attached hydrogens (tertiary/aromatic N) is 1. The number of rotatable bonds is 4. The van der Waals surface area contributed by atoms with E-state index < -0.39 is 5.91 Å². The molecule has 1 aliphatic heterocycles. The van der Waals surface area contributed by atoms with Crippen molar-refractivity contribution in [2.75, 3.05) is 19.7 Å². The van der Waals surface area contributed by atoms with Gasteiger partial charge in [0.25, 0.3) is 5.91 Å². The highest BCUT2D eigenvalue weighted by Gasteiger charge is 2.49.